The Hall–Kier alpha value is -3.13. The first kappa shape index (κ1) is 17.9. The Bertz CT molecular complexity index is 1100. The molecule has 0 atom stereocenters. The molecule has 1 aromatic carbocycles. The Labute approximate surface area is 170 Å². The quantitative estimate of drug-likeness (QED) is 0.519. The zero-order valence-corrected chi connectivity index (χ0v) is 16.2. The molecule has 4 heterocycles. The molecular weight excluding hydrogens is 361 g/mol. The minimum Gasteiger partial charge on any atom is -0.337 e. The highest BCUT2D eigenvalue weighted by Gasteiger charge is 2.13. The summed E-state index contributed by atoms with van der Waals surface area (Å²) in [7, 11) is 6.06. The maximum Gasteiger partial charge on any atom is 0.180 e. The number of aromatic nitrogens is 5. The summed E-state index contributed by atoms with van der Waals surface area (Å²) in [5.74, 6) is 0.628. The standard InChI is InChI=1S/C21H22BN7/c22-19-14-29-18(16-10-24-25-11-16)12-23-21(29)20(27-19)26-17-6-4-15(5-7-17)13-28-8-2-1-3-9-28/h4-7,10-12,14H,1-3,8-9,13H2,(H,24,25)(H,26,27). The number of imidazole rings is 1. The third-order valence-corrected chi connectivity index (χ3v) is 5.38. The highest BCUT2D eigenvalue weighted by molar-refractivity contribution is 6.30. The van der Waals surface area contributed by atoms with Gasteiger partial charge in [0.1, 0.15) is 7.85 Å². The van der Waals surface area contributed by atoms with Gasteiger partial charge in [-0.3, -0.25) is 14.4 Å². The molecule has 8 heteroatoms. The first-order chi connectivity index (χ1) is 14.3. The first-order valence-electron chi connectivity index (χ1n) is 9.97. The zero-order chi connectivity index (χ0) is 19.6. The van der Waals surface area contributed by atoms with Gasteiger partial charge in [-0.05, 0) is 43.6 Å². The second-order valence-electron chi connectivity index (χ2n) is 7.50. The molecule has 5 rings (SSSR count). The SMILES string of the molecule is [B]c1cn2c(-c3cn[nH]c3)cnc2c(Nc2ccc(CN3CCCCC3)cc2)n1. The molecule has 0 unspecified atom stereocenters. The van der Waals surface area contributed by atoms with Crippen LogP contribution in [0.2, 0.25) is 0 Å². The zero-order valence-electron chi connectivity index (χ0n) is 16.2. The average Bonchev–Trinajstić information content (AvgIpc) is 3.40. The Morgan fingerprint density at radius 2 is 1.90 bits per heavy atom. The molecule has 144 valence electrons. The summed E-state index contributed by atoms with van der Waals surface area (Å²) >= 11 is 0. The summed E-state index contributed by atoms with van der Waals surface area (Å²) < 4.78 is 1.93. The summed E-state index contributed by atoms with van der Waals surface area (Å²) in [5.41, 5.74) is 5.27. The Morgan fingerprint density at radius 1 is 1.07 bits per heavy atom. The molecule has 3 aromatic heterocycles. The van der Waals surface area contributed by atoms with Crippen molar-refractivity contribution in [2.75, 3.05) is 18.4 Å². The van der Waals surface area contributed by atoms with E-state index in [0.29, 0.717) is 17.1 Å². The third-order valence-electron chi connectivity index (χ3n) is 5.38. The topological polar surface area (TPSA) is 74.1 Å². The van der Waals surface area contributed by atoms with Crippen molar-refractivity contribution < 1.29 is 0 Å². The van der Waals surface area contributed by atoms with Crippen molar-refractivity contribution >= 4 is 30.6 Å². The van der Waals surface area contributed by atoms with Gasteiger partial charge in [0.05, 0.1) is 18.1 Å². The molecule has 1 aliphatic heterocycles. The fraction of sp³-hybridized carbons (Fsp3) is 0.286. The molecule has 0 amide bonds. The second kappa shape index (κ2) is 7.71. The van der Waals surface area contributed by atoms with Crippen molar-refractivity contribution in [3.8, 4) is 11.3 Å². The number of hydrogen-bond acceptors (Lipinski definition) is 5. The molecule has 0 aliphatic carbocycles. The molecule has 2 radical (unpaired) electrons. The second-order valence-corrected chi connectivity index (χ2v) is 7.50. The summed E-state index contributed by atoms with van der Waals surface area (Å²) in [6.07, 6.45) is 11.1. The van der Waals surface area contributed by atoms with Gasteiger partial charge in [0.15, 0.2) is 11.5 Å². The number of piperidine rings is 1. The monoisotopic (exact) mass is 383 g/mol. The van der Waals surface area contributed by atoms with E-state index < -0.39 is 0 Å². The Balaban J connectivity index is 1.38. The van der Waals surface area contributed by atoms with Crippen LogP contribution in [0.15, 0.2) is 49.1 Å². The summed E-state index contributed by atoms with van der Waals surface area (Å²) in [5, 5.41) is 10.2. The molecule has 1 saturated heterocycles. The van der Waals surface area contributed by atoms with Crippen molar-refractivity contribution in [3.05, 3.63) is 54.6 Å². The van der Waals surface area contributed by atoms with E-state index in [9.17, 15) is 0 Å². The molecule has 0 saturated carbocycles. The van der Waals surface area contributed by atoms with Crippen LogP contribution in [0.25, 0.3) is 16.9 Å². The van der Waals surface area contributed by atoms with E-state index in [4.69, 9.17) is 7.85 Å². The lowest BCUT2D eigenvalue weighted by atomic mass is 10.1. The lowest BCUT2D eigenvalue weighted by Crippen LogP contribution is -2.29. The molecule has 2 N–H and O–H groups in total. The van der Waals surface area contributed by atoms with Crippen molar-refractivity contribution in [3.63, 3.8) is 0 Å². The molecule has 7 nitrogen and oxygen atoms in total. The van der Waals surface area contributed by atoms with Crippen LogP contribution >= 0.6 is 0 Å². The van der Waals surface area contributed by atoms with Crippen LogP contribution in [0.3, 0.4) is 0 Å². The van der Waals surface area contributed by atoms with Crippen molar-refractivity contribution in [2.45, 2.75) is 25.8 Å². The van der Waals surface area contributed by atoms with E-state index in [1.807, 2.05) is 10.6 Å². The van der Waals surface area contributed by atoms with Crippen LogP contribution in [0.4, 0.5) is 11.5 Å². The van der Waals surface area contributed by atoms with Crippen LogP contribution in [-0.4, -0.2) is 50.4 Å². The smallest absolute Gasteiger partial charge is 0.180 e. The number of benzene rings is 1. The highest BCUT2D eigenvalue weighted by atomic mass is 15.1. The van der Waals surface area contributed by atoms with E-state index in [-0.39, 0.29) is 0 Å². The molecule has 0 spiro atoms. The molecule has 0 bridgehead atoms. The number of rotatable bonds is 5. The van der Waals surface area contributed by atoms with Gasteiger partial charge >= 0.3 is 0 Å². The van der Waals surface area contributed by atoms with E-state index in [2.05, 4.69) is 54.6 Å². The minimum absolute atomic E-state index is 0.421. The van der Waals surface area contributed by atoms with Gasteiger partial charge in [-0.2, -0.15) is 5.10 Å². The number of likely N-dealkylation sites (tertiary alicyclic amines) is 1. The summed E-state index contributed by atoms with van der Waals surface area (Å²) in [6, 6.07) is 8.51. The maximum absolute atomic E-state index is 6.06. The normalized spacial score (nSPS) is 15.0. The Kier molecular flexibility index (Phi) is 4.77. The van der Waals surface area contributed by atoms with Gasteiger partial charge in [0.25, 0.3) is 0 Å². The van der Waals surface area contributed by atoms with E-state index in [1.165, 1.54) is 37.9 Å². The molecule has 1 aliphatic rings. The fourth-order valence-electron chi connectivity index (χ4n) is 3.90. The fourth-order valence-corrected chi connectivity index (χ4v) is 3.90. The summed E-state index contributed by atoms with van der Waals surface area (Å²) in [4.78, 5) is 11.5. The number of nitrogens with zero attached hydrogens (tertiary/aromatic N) is 5. The third kappa shape index (κ3) is 3.76. The molecule has 29 heavy (non-hydrogen) atoms. The lowest BCUT2D eigenvalue weighted by Gasteiger charge is -2.26. The number of aromatic amines is 1. The van der Waals surface area contributed by atoms with Crippen molar-refractivity contribution in [1.29, 1.82) is 0 Å². The average molecular weight is 383 g/mol. The minimum atomic E-state index is 0.421. The van der Waals surface area contributed by atoms with Crippen molar-refractivity contribution in [1.82, 2.24) is 29.5 Å². The summed E-state index contributed by atoms with van der Waals surface area (Å²) in [6.45, 7) is 3.41. The van der Waals surface area contributed by atoms with E-state index >= 15 is 0 Å². The molecular formula is C21H22BN7. The number of nitrogens with one attached hydrogen (secondary N) is 2. The van der Waals surface area contributed by atoms with Gasteiger partial charge in [-0.25, -0.2) is 9.97 Å². The van der Waals surface area contributed by atoms with Crippen LogP contribution < -0.4 is 10.9 Å². The predicted molar refractivity (Wildman–Crippen MR) is 115 cm³/mol. The lowest BCUT2D eigenvalue weighted by molar-refractivity contribution is 0.221. The van der Waals surface area contributed by atoms with Crippen molar-refractivity contribution in [2.24, 2.45) is 0 Å². The van der Waals surface area contributed by atoms with Gasteiger partial charge in [-0.1, -0.05) is 18.6 Å². The largest absolute Gasteiger partial charge is 0.337 e. The maximum atomic E-state index is 6.06. The van der Waals surface area contributed by atoms with E-state index in [0.717, 1.165) is 23.5 Å². The van der Waals surface area contributed by atoms with Crippen LogP contribution in [0.1, 0.15) is 24.8 Å². The molecule has 4 aromatic rings. The number of fused-ring (bicyclic) bond motifs is 1. The number of hydrogen-bond donors (Lipinski definition) is 2. The van der Waals surface area contributed by atoms with Crippen LogP contribution in [-0.2, 0) is 6.54 Å². The van der Waals surface area contributed by atoms with Crippen LogP contribution in [0.5, 0.6) is 0 Å². The highest BCUT2D eigenvalue weighted by Crippen LogP contribution is 2.24. The van der Waals surface area contributed by atoms with Gasteiger partial charge in [0.2, 0.25) is 0 Å². The van der Waals surface area contributed by atoms with Crippen LogP contribution in [0, 0.1) is 0 Å². The number of anilines is 2. The van der Waals surface area contributed by atoms with Gasteiger partial charge in [0, 0.05) is 35.8 Å². The first-order valence-corrected chi connectivity index (χ1v) is 9.97. The number of H-pyrrole nitrogens is 1. The molecule has 1 fully saturated rings. The van der Waals surface area contributed by atoms with Gasteiger partial charge in [-0.15, -0.1) is 0 Å². The Morgan fingerprint density at radius 3 is 2.66 bits per heavy atom. The van der Waals surface area contributed by atoms with E-state index in [1.54, 1.807) is 18.6 Å². The predicted octanol–water partition coefficient (Wildman–Crippen LogP) is 2.64. The van der Waals surface area contributed by atoms with Gasteiger partial charge < -0.3 is 5.32 Å².